The minimum atomic E-state index is -0.212. The van der Waals surface area contributed by atoms with Gasteiger partial charge in [-0.3, -0.25) is 9.59 Å². The van der Waals surface area contributed by atoms with Gasteiger partial charge in [-0.15, -0.1) is 0 Å². The zero-order valence-electron chi connectivity index (χ0n) is 11.8. The van der Waals surface area contributed by atoms with E-state index in [4.69, 9.17) is 10.5 Å². The van der Waals surface area contributed by atoms with Crippen LogP contribution < -0.4 is 21.1 Å². The molecule has 1 aromatic rings. The van der Waals surface area contributed by atoms with Gasteiger partial charge in [0, 0.05) is 25.2 Å². The fourth-order valence-corrected chi connectivity index (χ4v) is 1.50. The van der Waals surface area contributed by atoms with Crippen molar-refractivity contribution in [3.63, 3.8) is 0 Å². The van der Waals surface area contributed by atoms with Gasteiger partial charge in [0.05, 0.1) is 0 Å². The van der Waals surface area contributed by atoms with E-state index >= 15 is 0 Å². The maximum atomic E-state index is 11.7. The molecule has 20 heavy (non-hydrogen) atoms. The highest BCUT2D eigenvalue weighted by Gasteiger charge is 2.08. The van der Waals surface area contributed by atoms with E-state index < -0.39 is 0 Å². The number of benzene rings is 1. The lowest BCUT2D eigenvalue weighted by atomic mass is 10.1. The minimum absolute atomic E-state index is 0.0574. The number of ether oxygens (including phenoxy) is 1. The SMILES string of the molecule is CNC(=O)COc1cccc(NC(=O)CC(C)CN)c1. The number of carbonyl (C=O) groups is 2. The lowest BCUT2D eigenvalue weighted by molar-refractivity contribution is -0.122. The third kappa shape index (κ3) is 5.71. The summed E-state index contributed by atoms with van der Waals surface area (Å²) in [4.78, 5) is 22.8. The molecule has 0 radical (unpaired) electrons. The Morgan fingerprint density at radius 2 is 2.10 bits per heavy atom. The molecule has 4 N–H and O–H groups in total. The summed E-state index contributed by atoms with van der Waals surface area (Å²) in [5, 5.41) is 5.24. The van der Waals surface area contributed by atoms with Crippen LogP contribution in [0.4, 0.5) is 5.69 Å². The molecule has 2 amide bonds. The van der Waals surface area contributed by atoms with Crippen LogP contribution in [0.3, 0.4) is 0 Å². The zero-order chi connectivity index (χ0) is 15.0. The van der Waals surface area contributed by atoms with E-state index in [0.717, 1.165) is 0 Å². The smallest absolute Gasteiger partial charge is 0.257 e. The predicted molar refractivity (Wildman–Crippen MR) is 77.5 cm³/mol. The Kier molecular flexibility index (Phi) is 6.52. The molecule has 110 valence electrons. The Labute approximate surface area is 118 Å². The number of nitrogens with two attached hydrogens (primary N) is 1. The molecule has 0 heterocycles. The largest absolute Gasteiger partial charge is 0.484 e. The highest BCUT2D eigenvalue weighted by molar-refractivity contribution is 5.91. The average molecular weight is 279 g/mol. The van der Waals surface area contributed by atoms with Crippen molar-refractivity contribution in [2.45, 2.75) is 13.3 Å². The second-order valence-electron chi connectivity index (χ2n) is 4.58. The van der Waals surface area contributed by atoms with Gasteiger partial charge in [-0.25, -0.2) is 0 Å². The van der Waals surface area contributed by atoms with Gasteiger partial charge in [-0.1, -0.05) is 13.0 Å². The van der Waals surface area contributed by atoms with Gasteiger partial charge >= 0.3 is 0 Å². The highest BCUT2D eigenvalue weighted by atomic mass is 16.5. The van der Waals surface area contributed by atoms with E-state index in [1.165, 1.54) is 0 Å². The highest BCUT2D eigenvalue weighted by Crippen LogP contribution is 2.17. The normalized spacial score (nSPS) is 11.6. The number of hydrogen-bond donors (Lipinski definition) is 3. The van der Waals surface area contributed by atoms with Crippen LogP contribution in [0.2, 0.25) is 0 Å². The van der Waals surface area contributed by atoms with Gasteiger partial charge in [0.15, 0.2) is 6.61 Å². The summed E-state index contributed by atoms with van der Waals surface area (Å²) in [7, 11) is 1.54. The Hall–Kier alpha value is -2.08. The number of likely N-dealkylation sites (N-methyl/N-ethyl adjacent to an activating group) is 1. The summed E-state index contributed by atoms with van der Waals surface area (Å²) < 4.78 is 5.30. The van der Waals surface area contributed by atoms with Crippen LogP contribution in [0.1, 0.15) is 13.3 Å². The van der Waals surface area contributed by atoms with Crippen molar-refractivity contribution in [2.24, 2.45) is 11.7 Å². The molecular formula is C14H21N3O3. The molecule has 6 heteroatoms. The maximum Gasteiger partial charge on any atom is 0.257 e. The van der Waals surface area contributed by atoms with Crippen molar-refractivity contribution in [2.75, 3.05) is 25.5 Å². The first-order chi connectivity index (χ1) is 9.55. The van der Waals surface area contributed by atoms with Crippen LogP contribution in [0, 0.1) is 5.92 Å². The second-order valence-corrected chi connectivity index (χ2v) is 4.58. The third-order valence-corrected chi connectivity index (χ3v) is 2.70. The Morgan fingerprint density at radius 1 is 1.35 bits per heavy atom. The minimum Gasteiger partial charge on any atom is -0.484 e. The number of amides is 2. The van der Waals surface area contributed by atoms with Crippen LogP contribution in [-0.2, 0) is 9.59 Å². The van der Waals surface area contributed by atoms with E-state index in [-0.39, 0.29) is 24.3 Å². The fraction of sp³-hybridized carbons (Fsp3) is 0.429. The molecule has 1 aromatic carbocycles. The van der Waals surface area contributed by atoms with E-state index in [2.05, 4.69) is 10.6 Å². The molecule has 1 unspecified atom stereocenters. The van der Waals surface area contributed by atoms with Gasteiger partial charge in [-0.05, 0) is 24.6 Å². The molecule has 0 saturated carbocycles. The van der Waals surface area contributed by atoms with Gasteiger partial charge in [0.2, 0.25) is 5.91 Å². The van der Waals surface area contributed by atoms with Crippen LogP contribution in [0.5, 0.6) is 5.75 Å². The molecule has 0 aromatic heterocycles. The van der Waals surface area contributed by atoms with Gasteiger partial charge < -0.3 is 21.1 Å². The molecule has 6 nitrogen and oxygen atoms in total. The lowest BCUT2D eigenvalue weighted by Gasteiger charge is -2.10. The summed E-state index contributed by atoms with van der Waals surface area (Å²) in [6.07, 6.45) is 0.375. The average Bonchev–Trinajstić information content (AvgIpc) is 2.44. The molecule has 0 saturated heterocycles. The van der Waals surface area contributed by atoms with Crippen molar-refractivity contribution in [3.8, 4) is 5.75 Å². The van der Waals surface area contributed by atoms with Gasteiger partial charge in [0.1, 0.15) is 5.75 Å². The van der Waals surface area contributed by atoms with Crippen molar-refractivity contribution >= 4 is 17.5 Å². The number of nitrogens with one attached hydrogen (secondary N) is 2. The quantitative estimate of drug-likeness (QED) is 0.686. The first-order valence-electron chi connectivity index (χ1n) is 6.48. The lowest BCUT2D eigenvalue weighted by Crippen LogP contribution is -2.24. The Balaban J connectivity index is 2.55. The van der Waals surface area contributed by atoms with E-state index in [9.17, 15) is 9.59 Å². The van der Waals surface area contributed by atoms with Crippen LogP contribution in [-0.4, -0.2) is 32.0 Å². The van der Waals surface area contributed by atoms with Crippen LogP contribution >= 0.6 is 0 Å². The number of carbonyl (C=O) groups excluding carboxylic acids is 2. The molecule has 0 aliphatic rings. The standard InChI is InChI=1S/C14H21N3O3/c1-10(8-15)6-13(18)17-11-4-3-5-12(7-11)20-9-14(19)16-2/h3-5,7,10H,6,8-9,15H2,1-2H3,(H,16,19)(H,17,18). The Morgan fingerprint density at radius 3 is 2.75 bits per heavy atom. The predicted octanol–water partition coefficient (Wildman–Crippen LogP) is 0.735. The molecule has 0 aliphatic carbocycles. The van der Waals surface area contributed by atoms with Crippen LogP contribution in [0.15, 0.2) is 24.3 Å². The van der Waals surface area contributed by atoms with E-state index in [1.54, 1.807) is 31.3 Å². The van der Waals surface area contributed by atoms with E-state index in [1.807, 2.05) is 6.92 Å². The Bertz CT molecular complexity index is 463. The monoisotopic (exact) mass is 279 g/mol. The molecule has 0 spiro atoms. The van der Waals surface area contributed by atoms with Gasteiger partial charge in [0.25, 0.3) is 5.91 Å². The number of rotatable bonds is 7. The van der Waals surface area contributed by atoms with Crippen molar-refractivity contribution in [1.82, 2.24) is 5.32 Å². The van der Waals surface area contributed by atoms with Crippen molar-refractivity contribution in [1.29, 1.82) is 0 Å². The summed E-state index contributed by atoms with van der Waals surface area (Å²) in [5.74, 6) is 0.364. The molecule has 0 aliphatic heterocycles. The van der Waals surface area contributed by atoms with Gasteiger partial charge in [-0.2, -0.15) is 0 Å². The third-order valence-electron chi connectivity index (χ3n) is 2.70. The zero-order valence-corrected chi connectivity index (χ0v) is 11.8. The van der Waals surface area contributed by atoms with E-state index in [0.29, 0.717) is 24.4 Å². The molecular weight excluding hydrogens is 258 g/mol. The molecule has 1 rings (SSSR count). The molecule has 0 fully saturated rings. The van der Waals surface area contributed by atoms with Crippen molar-refractivity contribution in [3.05, 3.63) is 24.3 Å². The summed E-state index contributed by atoms with van der Waals surface area (Å²) in [6, 6.07) is 6.91. The molecule has 0 bridgehead atoms. The summed E-state index contributed by atoms with van der Waals surface area (Å²) in [6.45, 7) is 2.34. The first kappa shape index (κ1) is 16.0. The fourth-order valence-electron chi connectivity index (χ4n) is 1.50. The number of hydrogen-bond acceptors (Lipinski definition) is 4. The van der Waals surface area contributed by atoms with Crippen LogP contribution in [0.25, 0.3) is 0 Å². The first-order valence-corrected chi connectivity index (χ1v) is 6.48. The summed E-state index contributed by atoms with van der Waals surface area (Å²) in [5.41, 5.74) is 6.11. The second kappa shape index (κ2) is 8.16. The maximum absolute atomic E-state index is 11.7. The topological polar surface area (TPSA) is 93.5 Å². The molecule has 1 atom stereocenters. The number of anilines is 1. The van der Waals surface area contributed by atoms with Crippen molar-refractivity contribution < 1.29 is 14.3 Å². The summed E-state index contributed by atoms with van der Waals surface area (Å²) >= 11 is 0.